The monoisotopic (exact) mass is 388 g/mol. The van der Waals surface area contributed by atoms with Gasteiger partial charge in [-0.3, -0.25) is 0 Å². The summed E-state index contributed by atoms with van der Waals surface area (Å²) in [6.07, 6.45) is -3.93. The molecule has 0 aliphatic carbocycles. The van der Waals surface area contributed by atoms with Crippen molar-refractivity contribution in [3.8, 4) is 5.69 Å². The summed E-state index contributed by atoms with van der Waals surface area (Å²) in [5, 5.41) is 17.5. The third-order valence-corrected chi connectivity index (χ3v) is 4.65. The van der Waals surface area contributed by atoms with Gasteiger partial charge in [-0.15, -0.1) is 15.0 Å². The van der Waals surface area contributed by atoms with Gasteiger partial charge in [0.15, 0.2) is 5.82 Å². The van der Waals surface area contributed by atoms with Gasteiger partial charge in [0.25, 0.3) is 0 Å². The van der Waals surface area contributed by atoms with Crippen LogP contribution < -0.4 is 4.90 Å². The highest BCUT2D eigenvalue weighted by molar-refractivity contribution is 5.91. The van der Waals surface area contributed by atoms with Gasteiger partial charge in [-0.05, 0) is 29.7 Å². The second kappa shape index (κ2) is 6.66. The number of para-hydroxylation sites is 1. The number of carbonyl (C=O) groups is 1. The van der Waals surface area contributed by atoms with Crippen molar-refractivity contribution < 1.29 is 23.1 Å². The first kappa shape index (κ1) is 18.0. The number of alkyl halides is 3. The molecule has 6 nitrogen and oxygen atoms in total. The van der Waals surface area contributed by atoms with E-state index in [-0.39, 0.29) is 17.2 Å². The number of carboxylic acids is 1. The molecule has 1 aliphatic rings. The van der Waals surface area contributed by atoms with Gasteiger partial charge in [0, 0.05) is 13.1 Å². The molecule has 9 heteroatoms. The van der Waals surface area contributed by atoms with Gasteiger partial charge >= 0.3 is 12.1 Å². The van der Waals surface area contributed by atoms with Crippen molar-refractivity contribution in [1.29, 1.82) is 0 Å². The Morgan fingerprint density at radius 2 is 1.68 bits per heavy atom. The SMILES string of the molecule is O=C(O)c1nn(-c2ccccc2C(F)(F)F)nc1N1CCc2ccccc2C1. The maximum absolute atomic E-state index is 13.3. The van der Waals surface area contributed by atoms with E-state index in [1.54, 1.807) is 4.90 Å². The second-order valence-electron chi connectivity index (χ2n) is 6.42. The molecule has 0 radical (unpaired) electrons. The standard InChI is InChI=1S/C19H15F3N4O2/c20-19(21,22)14-7-3-4-8-15(14)26-23-16(18(27)28)17(24-26)25-10-9-12-5-1-2-6-13(12)11-25/h1-8H,9-11H2,(H,27,28). The van der Waals surface area contributed by atoms with E-state index < -0.39 is 17.7 Å². The molecular formula is C19H15F3N4O2. The van der Waals surface area contributed by atoms with Crippen LogP contribution in [-0.4, -0.2) is 32.6 Å². The van der Waals surface area contributed by atoms with Crippen LogP contribution in [0.2, 0.25) is 0 Å². The summed E-state index contributed by atoms with van der Waals surface area (Å²) in [5.74, 6) is -1.29. The van der Waals surface area contributed by atoms with Crippen molar-refractivity contribution in [2.24, 2.45) is 0 Å². The summed E-state index contributed by atoms with van der Waals surface area (Å²) < 4.78 is 40.0. The normalized spacial score (nSPS) is 14.0. The first-order valence-corrected chi connectivity index (χ1v) is 8.53. The summed E-state index contributed by atoms with van der Waals surface area (Å²) >= 11 is 0. The van der Waals surface area contributed by atoms with Gasteiger partial charge < -0.3 is 10.0 Å². The number of halogens is 3. The predicted molar refractivity (Wildman–Crippen MR) is 94.5 cm³/mol. The fourth-order valence-corrected chi connectivity index (χ4v) is 3.32. The van der Waals surface area contributed by atoms with Crippen molar-refractivity contribution in [2.75, 3.05) is 11.4 Å². The maximum atomic E-state index is 13.3. The molecule has 0 spiro atoms. The molecule has 0 amide bonds. The molecule has 1 aliphatic heterocycles. The van der Waals surface area contributed by atoms with E-state index in [2.05, 4.69) is 10.2 Å². The Kier molecular flexibility index (Phi) is 4.29. The summed E-state index contributed by atoms with van der Waals surface area (Å²) in [7, 11) is 0. The van der Waals surface area contributed by atoms with Gasteiger partial charge in [-0.1, -0.05) is 36.4 Å². The van der Waals surface area contributed by atoms with Crippen LogP contribution >= 0.6 is 0 Å². The van der Waals surface area contributed by atoms with Gasteiger partial charge in [-0.25, -0.2) is 4.79 Å². The molecule has 2 heterocycles. The van der Waals surface area contributed by atoms with E-state index in [1.807, 2.05) is 24.3 Å². The van der Waals surface area contributed by atoms with Crippen LogP contribution in [0.3, 0.4) is 0 Å². The molecule has 3 aromatic rings. The lowest BCUT2D eigenvalue weighted by molar-refractivity contribution is -0.137. The lowest BCUT2D eigenvalue weighted by Crippen LogP contribution is -2.31. The molecule has 28 heavy (non-hydrogen) atoms. The van der Waals surface area contributed by atoms with E-state index in [9.17, 15) is 23.1 Å². The smallest absolute Gasteiger partial charge is 0.418 e. The summed E-state index contributed by atoms with van der Waals surface area (Å²) in [6.45, 7) is 0.910. The quantitative estimate of drug-likeness (QED) is 0.743. The lowest BCUT2D eigenvalue weighted by atomic mass is 10.00. The average Bonchev–Trinajstić information content (AvgIpc) is 3.13. The maximum Gasteiger partial charge on any atom is 0.418 e. The third-order valence-electron chi connectivity index (χ3n) is 4.65. The molecule has 1 N–H and O–H groups in total. The zero-order chi connectivity index (χ0) is 19.9. The zero-order valence-corrected chi connectivity index (χ0v) is 14.5. The topological polar surface area (TPSA) is 71.2 Å². The van der Waals surface area contributed by atoms with Crippen molar-refractivity contribution >= 4 is 11.8 Å². The fourth-order valence-electron chi connectivity index (χ4n) is 3.32. The van der Waals surface area contributed by atoms with E-state index in [4.69, 9.17) is 0 Å². The number of benzene rings is 2. The predicted octanol–water partition coefficient (Wildman–Crippen LogP) is 3.55. The Hall–Kier alpha value is -3.36. The second-order valence-corrected chi connectivity index (χ2v) is 6.42. The number of nitrogens with zero attached hydrogens (tertiary/aromatic N) is 4. The fraction of sp³-hybridized carbons (Fsp3) is 0.211. The molecule has 0 fully saturated rings. The minimum Gasteiger partial charge on any atom is -0.476 e. The van der Waals surface area contributed by atoms with Crippen LogP contribution in [0.15, 0.2) is 48.5 Å². The minimum absolute atomic E-state index is 0.0546. The third kappa shape index (κ3) is 3.19. The van der Waals surface area contributed by atoms with Gasteiger partial charge in [0.2, 0.25) is 5.69 Å². The number of aromatic nitrogens is 3. The van der Waals surface area contributed by atoms with E-state index in [0.717, 1.165) is 22.0 Å². The van der Waals surface area contributed by atoms with Crippen molar-refractivity contribution in [3.05, 3.63) is 70.9 Å². The lowest BCUT2D eigenvalue weighted by Gasteiger charge is -2.28. The number of carboxylic acid groups (broad SMARTS) is 1. The summed E-state index contributed by atoms with van der Waals surface area (Å²) in [4.78, 5) is 14.2. The first-order valence-electron chi connectivity index (χ1n) is 8.53. The molecule has 2 aromatic carbocycles. The molecule has 1 aromatic heterocycles. The van der Waals surface area contributed by atoms with Gasteiger partial charge in [0.05, 0.1) is 11.3 Å². The van der Waals surface area contributed by atoms with Gasteiger partial charge in [-0.2, -0.15) is 13.2 Å². The molecule has 0 saturated carbocycles. The summed E-state index contributed by atoms with van der Waals surface area (Å²) in [5.41, 5.74) is 0.552. The Morgan fingerprint density at radius 3 is 2.39 bits per heavy atom. The molecule has 0 atom stereocenters. The number of aromatic carboxylic acids is 1. The molecule has 0 bridgehead atoms. The number of rotatable bonds is 3. The highest BCUT2D eigenvalue weighted by Crippen LogP contribution is 2.34. The number of hydrogen-bond acceptors (Lipinski definition) is 4. The highest BCUT2D eigenvalue weighted by Gasteiger charge is 2.35. The van der Waals surface area contributed by atoms with E-state index in [0.29, 0.717) is 19.5 Å². The van der Waals surface area contributed by atoms with Crippen LogP contribution in [0.25, 0.3) is 5.69 Å². The molecule has 0 unspecified atom stereocenters. The Labute approximate surface area is 157 Å². The minimum atomic E-state index is -4.61. The molecule has 144 valence electrons. The molecule has 4 rings (SSSR count). The van der Waals surface area contributed by atoms with E-state index in [1.165, 1.54) is 18.2 Å². The Morgan fingerprint density at radius 1 is 1.00 bits per heavy atom. The van der Waals surface area contributed by atoms with Crippen LogP contribution in [0, 0.1) is 0 Å². The molecular weight excluding hydrogens is 373 g/mol. The number of fused-ring (bicyclic) bond motifs is 1. The Balaban J connectivity index is 1.78. The van der Waals surface area contributed by atoms with Gasteiger partial charge in [0.1, 0.15) is 0 Å². The van der Waals surface area contributed by atoms with Crippen LogP contribution in [0.4, 0.5) is 19.0 Å². The summed E-state index contributed by atoms with van der Waals surface area (Å²) in [6, 6.07) is 12.6. The molecule has 0 saturated heterocycles. The number of hydrogen-bond donors (Lipinski definition) is 1. The largest absolute Gasteiger partial charge is 0.476 e. The zero-order valence-electron chi connectivity index (χ0n) is 14.5. The first-order chi connectivity index (χ1) is 13.3. The number of anilines is 1. The van der Waals surface area contributed by atoms with Crippen molar-refractivity contribution in [3.63, 3.8) is 0 Å². The van der Waals surface area contributed by atoms with Crippen LogP contribution in [0.1, 0.15) is 27.2 Å². The van der Waals surface area contributed by atoms with E-state index >= 15 is 0 Å². The highest BCUT2D eigenvalue weighted by atomic mass is 19.4. The van der Waals surface area contributed by atoms with Crippen molar-refractivity contribution in [1.82, 2.24) is 15.0 Å². The van der Waals surface area contributed by atoms with Crippen LogP contribution in [-0.2, 0) is 19.1 Å². The van der Waals surface area contributed by atoms with Crippen LogP contribution in [0.5, 0.6) is 0 Å². The van der Waals surface area contributed by atoms with Crippen molar-refractivity contribution in [2.45, 2.75) is 19.1 Å². The Bertz CT molecular complexity index is 1050. The average molecular weight is 388 g/mol.